The Labute approximate surface area is 254 Å². The normalized spacial score (nSPS) is 26.5. The van der Waals surface area contributed by atoms with E-state index < -0.39 is 17.5 Å². The number of hydrogen-bond donors (Lipinski definition) is 2. The van der Waals surface area contributed by atoms with Crippen LogP contribution >= 0.6 is 0 Å². The molecule has 0 aliphatic carbocycles. The van der Waals surface area contributed by atoms with Gasteiger partial charge in [0.05, 0.1) is 5.54 Å². The third-order valence-electron chi connectivity index (χ3n) is 10.1. The molecule has 0 amide bonds. The van der Waals surface area contributed by atoms with E-state index in [0.717, 1.165) is 37.6 Å². The second kappa shape index (κ2) is 10.3. The predicted molar refractivity (Wildman–Crippen MR) is 165 cm³/mol. The van der Waals surface area contributed by atoms with Gasteiger partial charge in [-0.2, -0.15) is 9.97 Å². The van der Waals surface area contributed by atoms with Gasteiger partial charge in [0.2, 0.25) is 0 Å². The molecule has 8 rings (SSSR count). The molecule has 0 unspecified atom stereocenters. The molecule has 4 atom stereocenters. The van der Waals surface area contributed by atoms with Crippen LogP contribution in [0.2, 0.25) is 0 Å². The fraction of sp³-hybridized carbons (Fsp3) is 0.441. The van der Waals surface area contributed by atoms with Gasteiger partial charge >= 0.3 is 6.01 Å². The number of ether oxygens (including phenoxy) is 1. The van der Waals surface area contributed by atoms with Crippen molar-refractivity contribution < 1.29 is 23.4 Å². The number of alkyl halides is 1. The van der Waals surface area contributed by atoms with E-state index >= 15 is 4.39 Å². The minimum absolute atomic E-state index is 0.0282. The SMILES string of the molecule is CC(=O)c1cc2c(N3C[C@H]4CC[C@@H](C3)N4)nc(OC[C@@]34CCCN3C[C@H](F)C4)nc2c(F)c1-c1cc(O)cc2ccccc12. The monoisotopic (exact) mass is 599 g/mol. The summed E-state index contributed by atoms with van der Waals surface area (Å²) in [4.78, 5) is 26.9. The number of anilines is 1. The first-order valence-corrected chi connectivity index (χ1v) is 15.6. The summed E-state index contributed by atoms with van der Waals surface area (Å²) in [7, 11) is 0. The minimum Gasteiger partial charge on any atom is -0.508 e. The molecule has 0 radical (unpaired) electrons. The Kier molecular flexibility index (Phi) is 6.50. The molecule has 3 aromatic carbocycles. The zero-order chi connectivity index (χ0) is 30.2. The first-order chi connectivity index (χ1) is 21.3. The Morgan fingerprint density at radius 2 is 1.91 bits per heavy atom. The van der Waals surface area contributed by atoms with Crippen molar-refractivity contribution in [2.24, 2.45) is 0 Å². The third-order valence-corrected chi connectivity index (χ3v) is 10.1. The van der Waals surface area contributed by atoms with E-state index in [1.165, 1.54) is 13.0 Å². The maximum absolute atomic E-state index is 17.1. The summed E-state index contributed by atoms with van der Waals surface area (Å²) in [6.45, 7) is 4.27. The molecule has 4 saturated heterocycles. The van der Waals surface area contributed by atoms with Gasteiger partial charge in [-0.1, -0.05) is 24.3 Å². The summed E-state index contributed by atoms with van der Waals surface area (Å²) in [5.41, 5.74) is 0.342. The number of nitrogens with one attached hydrogen (secondary N) is 1. The van der Waals surface area contributed by atoms with Crippen molar-refractivity contribution in [2.45, 2.75) is 62.8 Å². The van der Waals surface area contributed by atoms with Crippen molar-refractivity contribution in [1.82, 2.24) is 20.2 Å². The van der Waals surface area contributed by atoms with Crippen LogP contribution < -0.4 is 15.0 Å². The Hall–Kier alpha value is -3.89. The van der Waals surface area contributed by atoms with Crippen molar-refractivity contribution in [3.63, 3.8) is 0 Å². The van der Waals surface area contributed by atoms with Crippen LogP contribution in [0, 0.1) is 5.82 Å². The maximum Gasteiger partial charge on any atom is 0.319 e. The number of ketones is 1. The van der Waals surface area contributed by atoms with Crippen molar-refractivity contribution in [3.05, 3.63) is 53.8 Å². The van der Waals surface area contributed by atoms with Crippen LogP contribution in [0.25, 0.3) is 32.8 Å². The number of phenolic OH excluding ortho intramolecular Hbond substituents is 1. The minimum atomic E-state index is -0.898. The number of benzene rings is 3. The van der Waals surface area contributed by atoms with Gasteiger partial charge in [0.25, 0.3) is 0 Å². The zero-order valence-electron chi connectivity index (χ0n) is 24.7. The lowest BCUT2D eigenvalue weighted by molar-refractivity contribution is 0.101. The van der Waals surface area contributed by atoms with Gasteiger partial charge in [0.15, 0.2) is 11.6 Å². The van der Waals surface area contributed by atoms with Gasteiger partial charge in [-0.15, -0.1) is 0 Å². The van der Waals surface area contributed by atoms with Crippen LogP contribution in [0.3, 0.4) is 0 Å². The topological polar surface area (TPSA) is 90.8 Å². The largest absolute Gasteiger partial charge is 0.508 e. The molecule has 10 heteroatoms. The number of phenols is 1. The number of aromatic hydroxyl groups is 1. The van der Waals surface area contributed by atoms with Crippen molar-refractivity contribution >= 4 is 33.3 Å². The van der Waals surface area contributed by atoms with Crippen LogP contribution in [0.4, 0.5) is 14.6 Å². The summed E-state index contributed by atoms with van der Waals surface area (Å²) in [6, 6.07) is 12.8. The standard InChI is InChI=1S/C34H35F2N5O3/c1-19(42)26-13-28-31(30(36)29(26)27-12-24(43)11-20-5-2-3-6-25(20)27)38-33(39-32(28)40-16-22-7-8-23(17-40)37-22)44-18-34-9-4-10-41(34)15-21(35)14-34/h2-3,5-6,11-13,21-23,37,43H,4,7-10,14-18H2,1H3/t21-,22-,23+,34+/m1/s1. The zero-order valence-corrected chi connectivity index (χ0v) is 24.7. The Balaban J connectivity index is 1.31. The molecule has 8 nitrogen and oxygen atoms in total. The number of nitrogens with zero attached hydrogens (tertiary/aromatic N) is 4. The lowest BCUT2D eigenvalue weighted by Crippen LogP contribution is -2.51. The molecule has 2 bridgehead atoms. The number of carbonyl (C=O) groups is 1. The van der Waals surface area contributed by atoms with E-state index in [1.807, 2.05) is 24.3 Å². The van der Waals surface area contributed by atoms with Crippen LogP contribution in [-0.4, -0.2) is 82.3 Å². The van der Waals surface area contributed by atoms with Gasteiger partial charge in [-0.3, -0.25) is 9.69 Å². The molecule has 4 aliphatic heterocycles. The number of fused-ring (bicyclic) bond motifs is 5. The summed E-state index contributed by atoms with van der Waals surface area (Å²) in [5, 5.41) is 16.1. The molecule has 44 heavy (non-hydrogen) atoms. The Morgan fingerprint density at radius 1 is 1.11 bits per heavy atom. The van der Waals surface area contributed by atoms with Crippen molar-refractivity contribution in [3.8, 4) is 22.9 Å². The molecule has 0 spiro atoms. The molecular weight excluding hydrogens is 564 g/mol. The number of aromatic nitrogens is 2. The number of carbonyl (C=O) groups excluding carboxylic acids is 1. The molecule has 4 aliphatic rings. The highest BCUT2D eigenvalue weighted by atomic mass is 19.1. The molecule has 2 N–H and O–H groups in total. The number of rotatable bonds is 6. The molecule has 5 heterocycles. The maximum atomic E-state index is 17.1. The molecule has 0 saturated carbocycles. The van der Waals surface area contributed by atoms with Gasteiger partial charge < -0.3 is 20.1 Å². The van der Waals surface area contributed by atoms with E-state index in [9.17, 15) is 14.3 Å². The van der Waals surface area contributed by atoms with Gasteiger partial charge in [-0.05, 0) is 73.7 Å². The number of piperazine rings is 1. The number of halogens is 2. The molecule has 4 aromatic rings. The lowest BCUT2D eigenvalue weighted by Gasteiger charge is -2.35. The van der Waals surface area contributed by atoms with E-state index in [4.69, 9.17) is 9.72 Å². The van der Waals surface area contributed by atoms with Gasteiger partial charge in [0, 0.05) is 54.7 Å². The summed E-state index contributed by atoms with van der Waals surface area (Å²) < 4.78 is 37.8. The van der Waals surface area contributed by atoms with Crippen LogP contribution in [0.15, 0.2) is 42.5 Å². The second-order valence-corrected chi connectivity index (χ2v) is 13.0. The van der Waals surface area contributed by atoms with Crippen LogP contribution in [0.1, 0.15) is 49.4 Å². The van der Waals surface area contributed by atoms with E-state index in [1.54, 1.807) is 12.1 Å². The average molecular weight is 600 g/mol. The average Bonchev–Trinajstić information content (AvgIpc) is 3.65. The first-order valence-electron chi connectivity index (χ1n) is 15.6. The summed E-state index contributed by atoms with van der Waals surface area (Å²) in [5.74, 6) is -0.463. The number of Topliss-reactive ketones (excluding diaryl/α,β-unsaturated/α-hetero) is 1. The van der Waals surface area contributed by atoms with Crippen LogP contribution in [0.5, 0.6) is 11.8 Å². The number of hydrogen-bond acceptors (Lipinski definition) is 8. The van der Waals surface area contributed by atoms with E-state index in [0.29, 0.717) is 60.3 Å². The highest BCUT2D eigenvalue weighted by molar-refractivity contribution is 6.11. The highest BCUT2D eigenvalue weighted by Crippen LogP contribution is 2.43. The van der Waals surface area contributed by atoms with Crippen molar-refractivity contribution in [1.29, 1.82) is 0 Å². The second-order valence-electron chi connectivity index (χ2n) is 13.0. The fourth-order valence-electron chi connectivity index (χ4n) is 8.16. The molecule has 1 aromatic heterocycles. The summed E-state index contributed by atoms with van der Waals surface area (Å²) >= 11 is 0. The van der Waals surface area contributed by atoms with Crippen molar-refractivity contribution in [2.75, 3.05) is 37.7 Å². The van der Waals surface area contributed by atoms with Gasteiger partial charge in [0.1, 0.15) is 29.9 Å². The van der Waals surface area contributed by atoms with E-state index in [-0.39, 0.29) is 40.8 Å². The van der Waals surface area contributed by atoms with Gasteiger partial charge in [-0.25, -0.2) is 8.78 Å². The first kappa shape index (κ1) is 27.6. The smallest absolute Gasteiger partial charge is 0.319 e. The Morgan fingerprint density at radius 3 is 2.70 bits per heavy atom. The highest BCUT2D eigenvalue weighted by Gasteiger charge is 2.49. The predicted octanol–water partition coefficient (Wildman–Crippen LogP) is 5.39. The summed E-state index contributed by atoms with van der Waals surface area (Å²) in [6.07, 6.45) is 3.42. The molecule has 4 fully saturated rings. The quantitative estimate of drug-likeness (QED) is 0.285. The molecular formula is C34H35F2N5O3. The van der Waals surface area contributed by atoms with Crippen LogP contribution in [-0.2, 0) is 0 Å². The lowest BCUT2D eigenvalue weighted by atomic mass is 9.91. The van der Waals surface area contributed by atoms with E-state index in [2.05, 4.69) is 20.1 Å². The fourth-order valence-corrected chi connectivity index (χ4v) is 8.16. The molecule has 228 valence electrons. The Bertz CT molecular complexity index is 1810. The third kappa shape index (κ3) is 4.49.